The number of furan rings is 1. The van der Waals surface area contributed by atoms with Gasteiger partial charge in [0.15, 0.2) is 0 Å². The Balaban J connectivity index is 1.73. The zero-order valence-electron chi connectivity index (χ0n) is 18.2. The van der Waals surface area contributed by atoms with Crippen LogP contribution in [0, 0.1) is 0 Å². The number of hydrogen-bond donors (Lipinski definition) is 1. The van der Waals surface area contributed by atoms with Gasteiger partial charge in [-0.25, -0.2) is 0 Å². The van der Waals surface area contributed by atoms with Gasteiger partial charge in [-0.3, -0.25) is 4.68 Å². The van der Waals surface area contributed by atoms with Crippen LogP contribution in [0.25, 0.3) is 71.2 Å². The number of fused-ring (bicyclic) bond motifs is 11. The molecule has 0 saturated heterocycles. The second-order valence-corrected chi connectivity index (χ2v) is 8.85. The fourth-order valence-electron chi connectivity index (χ4n) is 5.71. The highest BCUT2D eigenvalue weighted by Crippen LogP contribution is 2.43. The first-order chi connectivity index (χ1) is 16.8. The highest BCUT2D eigenvalue weighted by atomic mass is 16.3. The van der Waals surface area contributed by atoms with Crippen molar-refractivity contribution in [3.05, 3.63) is 103 Å². The zero-order valence-corrected chi connectivity index (χ0v) is 18.2. The molecule has 160 valence electrons. The van der Waals surface area contributed by atoms with E-state index < -0.39 is 0 Å². The Morgan fingerprint density at radius 3 is 2.00 bits per heavy atom. The van der Waals surface area contributed by atoms with Crippen LogP contribution >= 0.6 is 0 Å². The van der Waals surface area contributed by atoms with Crippen molar-refractivity contribution in [3.8, 4) is 5.69 Å². The minimum atomic E-state index is 0.887. The van der Waals surface area contributed by atoms with Gasteiger partial charge < -0.3 is 14.8 Å². The van der Waals surface area contributed by atoms with E-state index in [9.17, 15) is 0 Å². The normalized spacial score (nSPS) is 12.2. The quantitative estimate of drug-likeness (QED) is 0.270. The van der Waals surface area contributed by atoms with E-state index in [0.717, 1.165) is 60.5 Å². The van der Waals surface area contributed by atoms with E-state index in [1.807, 2.05) is 22.9 Å². The molecule has 4 heteroatoms. The number of nitrogens with zero attached hydrogens (tertiary/aromatic N) is 2. The molecule has 0 aliphatic carbocycles. The second-order valence-electron chi connectivity index (χ2n) is 8.85. The van der Waals surface area contributed by atoms with Crippen LogP contribution in [0.1, 0.15) is 0 Å². The molecule has 3 aromatic heterocycles. The molecule has 8 rings (SSSR count). The molecule has 0 saturated carbocycles. The number of nitrogen functional groups attached to an aromatic ring is 1. The average molecular weight is 438 g/mol. The largest absolute Gasteiger partial charge is 0.456 e. The molecule has 34 heavy (non-hydrogen) atoms. The predicted octanol–water partition coefficient (Wildman–Crippen LogP) is 7.50. The molecule has 0 amide bonds. The molecule has 0 atom stereocenters. The SMILES string of the molecule is Nn1c2ccccc2c2ccc3c4ccc5oc6ccccc6c5c4n(-c4ccccc4)c3c21. The van der Waals surface area contributed by atoms with Crippen LogP contribution in [0.4, 0.5) is 0 Å². The minimum absolute atomic E-state index is 0.887. The topological polar surface area (TPSA) is 49.0 Å². The molecule has 3 heterocycles. The van der Waals surface area contributed by atoms with Crippen molar-refractivity contribution in [1.29, 1.82) is 0 Å². The summed E-state index contributed by atoms with van der Waals surface area (Å²) >= 11 is 0. The summed E-state index contributed by atoms with van der Waals surface area (Å²) in [4.78, 5) is 0. The smallest absolute Gasteiger partial charge is 0.137 e. The number of nitrogens with two attached hydrogens (primary N) is 1. The van der Waals surface area contributed by atoms with Gasteiger partial charge in [0.05, 0.1) is 27.5 Å². The van der Waals surface area contributed by atoms with E-state index in [1.165, 1.54) is 10.8 Å². The molecule has 0 bridgehead atoms. The van der Waals surface area contributed by atoms with Crippen molar-refractivity contribution < 1.29 is 4.42 Å². The molecule has 0 spiro atoms. The fourth-order valence-corrected chi connectivity index (χ4v) is 5.71. The molecule has 5 aromatic carbocycles. The first-order valence-corrected chi connectivity index (χ1v) is 11.4. The van der Waals surface area contributed by atoms with Gasteiger partial charge in [0.25, 0.3) is 0 Å². The molecule has 0 radical (unpaired) electrons. The van der Waals surface area contributed by atoms with E-state index in [-0.39, 0.29) is 0 Å². The first-order valence-electron chi connectivity index (χ1n) is 11.4. The third kappa shape index (κ3) is 2.08. The first kappa shape index (κ1) is 17.8. The van der Waals surface area contributed by atoms with Gasteiger partial charge in [-0.2, -0.15) is 0 Å². The van der Waals surface area contributed by atoms with Crippen molar-refractivity contribution in [2.45, 2.75) is 0 Å². The predicted molar refractivity (Wildman–Crippen MR) is 141 cm³/mol. The maximum absolute atomic E-state index is 6.78. The molecule has 2 N–H and O–H groups in total. The average Bonchev–Trinajstić information content (AvgIpc) is 3.52. The summed E-state index contributed by atoms with van der Waals surface area (Å²) in [5.41, 5.74) is 7.18. The molecule has 8 aromatic rings. The Morgan fingerprint density at radius 2 is 1.15 bits per heavy atom. The van der Waals surface area contributed by atoms with Crippen molar-refractivity contribution in [3.63, 3.8) is 0 Å². The maximum Gasteiger partial charge on any atom is 0.137 e. The summed E-state index contributed by atoms with van der Waals surface area (Å²) in [6.07, 6.45) is 0. The van der Waals surface area contributed by atoms with Crippen molar-refractivity contribution in [2.75, 3.05) is 5.84 Å². The van der Waals surface area contributed by atoms with Crippen LogP contribution in [-0.4, -0.2) is 9.24 Å². The Hall–Kier alpha value is -4.70. The molecular formula is C30H19N3O. The van der Waals surface area contributed by atoms with Gasteiger partial charge in [0.2, 0.25) is 0 Å². The lowest BCUT2D eigenvalue weighted by Gasteiger charge is -2.10. The summed E-state index contributed by atoms with van der Waals surface area (Å²) in [7, 11) is 0. The van der Waals surface area contributed by atoms with Gasteiger partial charge >= 0.3 is 0 Å². The molecular weight excluding hydrogens is 418 g/mol. The summed E-state index contributed by atoms with van der Waals surface area (Å²) in [5.74, 6) is 6.78. The molecule has 0 unspecified atom stereocenters. The summed E-state index contributed by atoms with van der Waals surface area (Å²) in [6, 6.07) is 35.8. The van der Waals surface area contributed by atoms with E-state index in [1.54, 1.807) is 0 Å². The molecule has 0 fully saturated rings. The highest BCUT2D eigenvalue weighted by molar-refractivity contribution is 6.29. The van der Waals surface area contributed by atoms with Gasteiger partial charge in [-0.1, -0.05) is 66.7 Å². The third-order valence-corrected chi connectivity index (χ3v) is 7.11. The van der Waals surface area contributed by atoms with Crippen molar-refractivity contribution >= 4 is 65.6 Å². The molecule has 0 aliphatic heterocycles. The van der Waals surface area contributed by atoms with Gasteiger partial charge in [0.1, 0.15) is 11.2 Å². The minimum Gasteiger partial charge on any atom is -0.456 e. The second kappa shape index (κ2) is 6.21. The zero-order chi connectivity index (χ0) is 22.4. The lowest BCUT2D eigenvalue weighted by atomic mass is 10.1. The van der Waals surface area contributed by atoms with Gasteiger partial charge in [-0.15, -0.1) is 0 Å². The molecule has 0 aliphatic rings. The van der Waals surface area contributed by atoms with E-state index in [0.29, 0.717) is 0 Å². The summed E-state index contributed by atoms with van der Waals surface area (Å²) in [5, 5.41) is 6.91. The van der Waals surface area contributed by atoms with E-state index in [4.69, 9.17) is 10.3 Å². The van der Waals surface area contributed by atoms with Crippen LogP contribution in [0.3, 0.4) is 0 Å². The molecule has 4 nitrogen and oxygen atoms in total. The van der Waals surface area contributed by atoms with Crippen LogP contribution in [0.5, 0.6) is 0 Å². The number of benzene rings is 5. The van der Waals surface area contributed by atoms with E-state index in [2.05, 4.69) is 89.5 Å². The van der Waals surface area contributed by atoms with Crippen molar-refractivity contribution in [2.24, 2.45) is 0 Å². The lowest BCUT2D eigenvalue weighted by Crippen LogP contribution is -2.08. The Morgan fingerprint density at radius 1 is 0.500 bits per heavy atom. The number of para-hydroxylation sites is 3. The number of hydrogen-bond acceptors (Lipinski definition) is 2. The van der Waals surface area contributed by atoms with Crippen molar-refractivity contribution in [1.82, 2.24) is 9.24 Å². The third-order valence-electron chi connectivity index (χ3n) is 7.11. The summed E-state index contributed by atoms with van der Waals surface area (Å²) < 4.78 is 10.5. The Labute approximate surface area is 194 Å². The number of rotatable bonds is 1. The van der Waals surface area contributed by atoms with Crippen LogP contribution in [-0.2, 0) is 0 Å². The van der Waals surface area contributed by atoms with E-state index >= 15 is 0 Å². The summed E-state index contributed by atoms with van der Waals surface area (Å²) in [6.45, 7) is 0. The standard InChI is InChI=1S/C30H19N3O/c31-33-24-12-6-4-10-19(24)20-14-15-22-21-16-17-26-27(23-11-5-7-13-25(23)34-26)28(21)32(29(22)30(20)33)18-8-2-1-3-9-18/h1-17H,31H2. The monoisotopic (exact) mass is 437 g/mol. The van der Waals surface area contributed by atoms with Gasteiger partial charge in [-0.05, 0) is 36.4 Å². The van der Waals surface area contributed by atoms with Crippen LogP contribution in [0.15, 0.2) is 108 Å². The fraction of sp³-hybridized carbons (Fsp3) is 0. The Bertz CT molecular complexity index is 2070. The maximum atomic E-state index is 6.78. The van der Waals surface area contributed by atoms with Gasteiger partial charge in [0, 0.05) is 32.6 Å². The Kier molecular flexibility index (Phi) is 3.25. The van der Waals surface area contributed by atoms with Crippen LogP contribution < -0.4 is 5.84 Å². The lowest BCUT2D eigenvalue weighted by molar-refractivity contribution is 0.669. The highest BCUT2D eigenvalue weighted by Gasteiger charge is 2.22. The van der Waals surface area contributed by atoms with Crippen LogP contribution in [0.2, 0.25) is 0 Å². The number of aromatic nitrogens is 2.